The van der Waals surface area contributed by atoms with E-state index in [-0.39, 0.29) is 39.9 Å². The van der Waals surface area contributed by atoms with Gasteiger partial charge in [-0.25, -0.2) is 9.78 Å². The molecule has 28 heavy (non-hydrogen) atoms. The van der Waals surface area contributed by atoms with E-state index in [1.54, 1.807) is 0 Å². The lowest BCUT2D eigenvalue weighted by Crippen LogP contribution is -2.27. The summed E-state index contributed by atoms with van der Waals surface area (Å²) >= 11 is 0. The maximum atomic E-state index is 12.3. The molecular weight excluding hydrogens is 364 g/mol. The summed E-state index contributed by atoms with van der Waals surface area (Å²) in [7, 11) is 2.57. The maximum Gasteiger partial charge on any atom is 0.357 e. The molecule has 0 bridgehead atoms. The van der Waals surface area contributed by atoms with E-state index < -0.39 is 5.97 Å². The third-order valence-corrected chi connectivity index (χ3v) is 4.52. The monoisotopic (exact) mass is 384 g/mol. The largest absolute Gasteiger partial charge is 0.504 e. The Morgan fingerprint density at radius 2 is 2.00 bits per heavy atom. The number of pyridine rings is 1. The number of carbonyl (C=O) groups excluding carboxylic acids is 3. The van der Waals surface area contributed by atoms with E-state index in [4.69, 9.17) is 9.47 Å². The Balaban J connectivity index is 2.06. The Hall–Kier alpha value is -3.42. The standard InChI is InChI=1S/C20H20N2O6/c1-27-17-8-14(12(10-23)7-16(17)24)13-5-6-15(22-18(13)20(26)28-2)19(25)21-9-11-3-4-11/h5-8,10-11,24H,3-4,9H2,1-2H3,(H,21,25). The van der Waals surface area contributed by atoms with Crippen LogP contribution >= 0.6 is 0 Å². The number of aldehydes is 1. The number of hydrogen-bond donors (Lipinski definition) is 2. The van der Waals surface area contributed by atoms with Crippen LogP contribution in [0.5, 0.6) is 11.5 Å². The molecule has 146 valence electrons. The van der Waals surface area contributed by atoms with Crippen molar-refractivity contribution in [1.82, 2.24) is 10.3 Å². The normalized spacial score (nSPS) is 12.9. The van der Waals surface area contributed by atoms with E-state index >= 15 is 0 Å². The number of hydrogen-bond acceptors (Lipinski definition) is 7. The van der Waals surface area contributed by atoms with E-state index in [9.17, 15) is 19.5 Å². The second kappa shape index (κ2) is 8.08. The minimum atomic E-state index is -0.754. The average molecular weight is 384 g/mol. The minimum Gasteiger partial charge on any atom is -0.504 e. The van der Waals surface area contributed by atoms with Crippen molar-refractivity contribution >= 4 is 18.2 Å². The Kier molecular flexibility index (Phi) is 5.58. The van der Waals surface area contributed by atoms with Gasteiger partial charge in [-0.05, 0) is 48.6 Å². The van der Waals surface area contributed by atoms with Crippen molar-refractivity contribution in [2.45, 2.75) is 12.8 Å². The lowest BCUT2D eigenvalue weighted by molar-refractivity contribution is 0.0594. The summed E-state index contributed by atoms with van der Waals surface area (Å²) in [5.74, 6) is -0.721. The van der Waals surface area contributed by atoms with Crippen LogP contribution in [0.2, 0.25) is 0 Å². The van der Waals surface area contributed by atoms with Gasteiger partial charge in [-0.15, -0.1) is 0 Å². The number of aromatic hydroxyl groups is 1. The second-order valence-electron chi connectivity index (χ2n) is 6.47. The lowest BCUT2D eigenvalue weighted by Gasteiger charge is -2.13. The van der Waals surface area contributed by atoms with E-state index in [0.29, 0.717) is 24.3 Å². The van der Waals surface area contributed by atoms with Gasteiger partial charge in [-0.3, -0.25) is 9.59 Å². The van der Waals surface area contributed by atoms with Crippen LogP contribution in [0.25, 0.3) is 11.1 Å². The van der Waals surface area contributed by atoms with Crippen molar-refractivity contribution in [1.29, 1.82) is 0 Å². The summed E-state index contributed by atoms with van der Waals surface area (Å²) in [5.41, 5.74) is 0.699. The molecule has 1 aliphatic rings. The van der Waals surface area contributed by atoms with Crippen LogP contribution < -0.4 is 10.1 Å². The zero-order valence-electron chi connectivity index (χ0n) is 15.5. The molecule has 8 nitrogen and oxygen atoms in total. The molecule has 2 N–H and O–H groups in total. The first-order valence-electron chi connectivity index (χ1n) is 8.72. The zero-order valence-corrected chi connectivity index (χ0v) is 15.5. The van der Waals surface area contributed by atoms with Gasteiger partial charge in [0.05, 0.1) is 14.2 Å². The predicted molar refractivity (Wildman–Crippen MR) is 99.7 cm³/mol. The number of aromatic nitrogens is 1. The van der Waals surface area contributed by atoms with Gasteiger partial charge in [0.2, 0.25) is 0 Å². The van der Waals surface area contributed by atoms with Gasteiger partial charge >= 0.3 is 5.97 Å². The first kappa shape index (κ1) is 19.3. The molecule has 1 amide bonds. The fourth-order valence-corrected chi connectivity index (χ4v) is 2.78. The van der Waals surface area contributed by atoms with Gasteiger partial charge in [0.25, 0.3) is 5.91 Å². The van der Waals surface area contributed by atoms with E-state index in [0.717, 1.165) is 12.8 Å². The average Bonchev–Trinajstić information content (AvgIpc) is 3.55. The second-order valence-corrected chi connectivity index (χ2v) is 6.47. The fraction of sp³-hybridized carbons (Fsp3) is 0.300. The van der Waals surface area contributed by atoms with Crippen molar-refractivity contribution in [3.8, 4) is 22.6 Å². The predicted octanol–water partition coefficient (Wildman–Crippen LogP) is 2.20. The molecule has 1 heterocycles. The van der Waals surface area contributed by atoms with Crippen molar-refractivity contribution in [2.24, 2.45) is 5.92 Å². The maximum absolute atomic E-state index is 12.3. The summed E-state index contributed by atoms with van der Waals surface area (Å²) in [6, 6.07) is 5.65. The summed E-state index contributed by atoms with van der Waals surface area (Å²) in [5, 5.41) is 12.7. The van der Waals surface area contributed by atoms with Crippen molar-refractivity contribution in [3.05, 3.63) is 41.2 Å². The highest BCUT2D eigenvalue weighted by Crippen LogP contribution is 2.35. The molecule has 0 saturated heterocycles. The molecule has 8 heteroatoms. The molecule has 2 aromatic rings. The number of esters is 1. The van der Waals surface area contributed by atoms with Crippen LogP contribution in [0, 0.1) is 5.92 Å². The molecule has 0 spiro atoms. The number of amides is 1. The Bertz CT molecular complexity index is 937. The van der Waals surface area contributed by atoms with E-state index in [2.05, 4.69) is 10.3 Å². The van der Waals surface area contributed by atoms with Crippen LogP contribution in [-0.2, 0) is 4.74 Å². The van der Waals surface area contributed by atoms with Gasteiger partial charge in [0.1, 0.15) is 5.69 Å². The fourth-order valence-electron chi connectivity index (χ4n) is 2.78. The molecule has 1 aromatic carbocycles. The summed E-state index contributed by atoms with van der Waals surface area (Å²) in [4.78, 5) is 40.3. The first-order valence-corrected chi connectivity index (χ1v) is 8.72. The quantitative estimate of drug-likeness (QED) is 0.555. The lowest BCUT2D eigenvalue weighted by atomic mass is 9.97. The first-order chi connectivity index (χ1) is 13.5. The van der Waals surface area contributed by atoms with Gasteiger partial charge < -0.3 is 19.9 Å². The van der Waals surface area contributed by atoms with Crippen molar-refractivity contribution in [2.75, 3.05) is 20.8 Å². The van der Waals surface area contributed by atoms with Gasteiger partial charge in [-0.1, -0.05) is 0 Å². The number of nitrogens with zero attached hydrogens (tertiary/aromatic N) is 1. The Morgan fingerprint density at radius 1 is 1.25 bits per heavy atom. The summed E-state index contributed by atoms with van der Waals surface area (Å²) < 4.78 is 9.88. The van der Waals surface area contributed by atoms with E-state index in [1.807, 2.05) is 0 Å². The topological polar surface area (TPSA) is 115 Å². The molecule has 0 radical (unpaired) electrons. The molecule has 0 unspecified atom stereocenters. The molecule has 0 aliphatic heterocycles. The van der Waals surface area contributed by atoms with Crippen LogP contribution in [0.3, 0.4) is 0 Å². The smallest absolute Gasteiger partial charge is 0.357 e. The SMILES string of the molecule is COC(=O)c1nc(C(=O)NCC2CC2)ccc1-c1cc(OC)c(O)cc1C=O. The Labute approximate surface area is 161 Å². The van der Waals surface area contributed by atoms with E-state index in [1.165, 1.54) is 38.5 Å². The van der Waals surface area contributed by atoms with Crippen LogP contribution in [0.15, 0.2) is 24.3 Å². The summed E-state index contributed by atoms with van der Waals surface area (Å²) in [6.45, 7) is 0.570. The minimum absolute atomic E-state index is 0.0724. The van der Waals surface area contributed by atoms with Crippen molar-refractivity contribution < 1.29 is 29.0 Å². The van der Waals surface area contributed by atoms with Gasteiger partial charge in [0.15, 0.2) is 23.5 Å². The number of methoxy groups -OCH3 is 2. The molecule has 1 fully saturated rings. The third kappa shape index (κ3) is 3.95. The number of nitrogens with one attached hydrogen (secondary N) is 1. The molecule has 1 aliphatic carbocycles. The van der Waals surface area contributed by atoms with Crippen LogP contribution in [0.1, 0.15) is 44.2 Å². The van der Waals surface area contributed by atoms with Crippen LogP contribution in [-0.4, -0.2) is 49.0 Å². The number of ether oxygens (including phenoxy) is 2. The third-order valence-electron chi connectivity index (χ3n) is 4.52. The van der Waals surface area contributed by atoms with Crippen molar-refractivity contribution in [3.63, 3.8) is 0 Å². The van der Waals surface area contributed by atoms with Gasteiger partial charge in [0, 0.05) is 17.7 Å². The number of phenols is 1. The molecule has 3 rings (SSSR count). The van der Waals surface area contributed by atoms with Crippen LogP contribution in [0.4, 0.5) is 0 Å². The highest BCUT2D eigenvalue weighted by atomic mass is 16.5. The number of phenolic OH excluding ortho intramolecular Hbond substituents is 1. The highest BCUT2D eigenvalue weighted by molar-refractivity contribution is 6.01. The Morgan fingerprint density at radius 3 is 2.61 bits per heavy atom. The molecular formula is C20H20N2O6. The molecule has 0 atom stereocenters. The number of rotatable bonds is 7. The number of benzene rings is 1. The molecule has 1 saturated carbocycles. The van der Waals surface area contributed by atoms with Gasteiger partial charge in [-0.2, -0.15) is 0 Å². The molecule has 1 aromatic heterocycles. The zero-order chi connectivity index (χ0) is 20.3. The summed E-state index contributed by atoms with van der Waals surface area (Å²) in [6.07, 6.45) is 2.74. The highest BCUT2D eigenvalue weighted by Gasteiger charge is 2.24. The number of carbonyl (C=O) groups is 3.